The van der Waals surface area contributed by atoms with Crippen molar-refractivity contribution < 1.29 is 9.84 Å². The van der Waals surface area contributed by atoms with Gasteiger partial charge in [0.1, 0.15) is 11.5 Å². The van der Waals surface area contributed by atoms with E-state index < -0.39 is 0 Å². The predicted molar refractivity (Wildman–Crippen MR) is 104 cm³/mol. The van der Waals surface area contributed by atoms with Crippen molar-refractivity contribution in [1.29, 1.82) is 0 Å². The highest BCUT2D eigenvalue weighted by atomic mass is 35.5. The van der Waals surface area contributed by atoms with Crippen molar-refractivity contribution in [2.75, 3.05) is 26.2 Å². The number of nitrogens with zero attached hydrogens (tertiary/aromatic N) is 1. The lowest BCUT2D eigenvalue weighted by atomic mass is 9.99. The second kappa shape index (κ2) is 8.61. The van der Waals surface area contributed by atoms with Crippen LogP contribution >= 0.6 is 23.2 Å². The number of rotatable bonds is 6. The Balaban J connectivity index is 1.41. The molecular weight excluding hydrogens is 357 g/mol. The molecule has 1 heterocycles. The fraction of sp³-hybridized carbons (Fsp3) is 0.300. The van der Waals surface area contributed by atoms with Gasteiger partial charge in [-0.25, -0.2) is 0 Å². The lowest BCUT2D eigenvalue weighted by Gasteiger charge is -2.26. The van der Waals surface area contributed by atoms with Gasteiger partial charge in [-0.15, -0.1) is 0 Å². The first-order valence-corrected chi connectivity index (χ1v) is 9.16. The molecule has 0 amide bonds. The van der Waals surface area contributed by atoms with Crippen LogP contribution < -0.4 is 4.74 Å². The molecule has 0 aromatic heterocycles. The second-order valence-corrected chi connectivity index (χ2v) is 6.92. The molecule has 0 saturated heterocycles. The third-order valence-corrected chi connectivity index (χ3v) is 5.05. The molecule has 132 valence electrons. The highest BCUT2D eigenvalue weighted by Gasteiger charge is 2.12. The van der Waals surface area contributed by atoms with Crippen molar-refractivity contribution in [3.05, 3.63) is 64.1 Å². The van der Waals surface area contributed by atoms with Crippen LogP contribution in [0.3, 0.4) is 0 Å². The Labute approximate surface area is 158 Å². The van der Waals surface area contributed by atoms with E-state index >= 15 is 0 Å². The number of aromatic hydroxyl groups is 1. The Bertz CT molecular complexity index is 744. The zero-order valence-corrected chi connectivity index (χ0v) is 15.4. The Morgan fingerprint density at radius 2 is 1.84 bits per heavy atom. The van der Waals surface area contributed by atoms with Gasteiger partial charge >= 0.3 is 0 Å². The van der Waals surface area contributed by atoms with Gasteiger partial charge in [-0.1, -0.05) is 41.4 Å². The van der Waals surface area contributed by atoms with E-state index in [4.69, 9.17) is 27.9 Å². The van der Waals surface area contributed by atoms with E-state index in [-0.39, 0.29) is 0 Å². The molecule has 2 aromatic carbocycles. The van der Waals surface area contributed by atoms with Crippen LogP contribution in [-0.4, -0.2) is 36.2 Å². The van der Waals surface area contributed by atoms with Crippen LogP contribution in [0.15, 0.2) is 48.5 Å². The smallest absolute Gasteiger partial charge is 0.120 e. The molecule has 0 radical (unpaired) electrons. The second-order valence-electron chi connectivity index (χ2n) is 6.10. The average molecular weight is 378 g/mol. The summed E-state index contributed by atoms with van der Waals surface area (Å²) >= 11 is 11.9. The Hall–Kier alpha value is -1.68. The molecule has 25 heavy (non-hydrogen) atoms. The first-order chi connectivity index (χ1) is 12.1. The highest BCUT2D eigenvalue weighted by molar-refractivity contribution is 6.42. The monoisotopic (exact) mass is 377 g/mol. The summed E-state index contributed by atoms with van der Waals surface area (Å²) in [7, 11) is 0. The molecule has 1 aliphatic heterocycles. The molecule has 0 atom stereocenters. The first-order valence-electron chi connectivity index (χ1n) is 8.40. The van der Waals surface area contributed by atoms with Gasteiger partial charge in [0.2, 0.25) is 0 Å². The summed E-state index contributed by atoms with van der Waals surface area (Å²) in [5.74, 6) is 1.06. The minimum Gasteiger partial charge on any atom is -0.508 e. The maximum absolute atomic E-state index is 9.38. The van der Waals surface area contributed by atoms with Crippen LogP contribution in [0.4, 0.5) is 0 Å². The van der Waals surface area contributed by atoms with E-state index in [1.807, 2.05) is 18.2 Å². The van der Waals surface area contributed by atoms with Gasteiger partial charge in [0.25, 0.3) is 0 Å². The fourth-order valence-electron chi connectivity index (χ4n) is 2.90. The summed E-state index contributed by atoms with van der Waals surface area (Å²) in [5.41, 5.74) is 2.55. The number of hydrogen-bond acceptors (Lipinski definition) is 3. The summed E-state index contributed by atoms with van der Waals surface area (Å²) in [4.78, 5) is 2.42. The van der Waals surface area contributed by atoms with E-state index in [1.54, 1.807) is 24.3 Å². The molecule has 3 nitrogen and oxygen atoms in total. The molecule has 0 aliphatic carbocycles. The first kappa shape index (κ1) is 18.1. The van der Waals surface area contributed by atoms with Gasteiger partial charge in [0.05, 0.1) is 16.7 Å². The Morgan fingerprint density at radius 3 is 2.52 bits per heavy atom. The van der Waals surface area contributed by atoms with Crippen LogP contribution in [0.2, 0.25) is 10.0 Å². The minimum atomic E-state index is 0.309. The average Bonchev–Trinajstić information content (AvgIpc) is 2.63. The molecule has 3 rings (SSSR count). The molecule has 0 fully saturated rings. The third kappa shape index (κ3) is 5.15. The van der Waals surface area contributed by atoms with E-state index in [9.17, 15) is 5.11 Å². The molecule has 0 bridgehead atoms. The molecule has 1 aliphatic rings. The van der Waals surface area contributed by atoms with Gasteiger partial charge in [-0.3, -0.25) is 4.90 Å². The van der Waals surface area contributed by atoms with E-state index in [0.29, 0.717) is 22.4 Å². The van der Waals surface area contributed by atoms with Gasteiger partial charge in [-0.05, 0) is 48.2 Å². The zero-order valence-electron chi connectivity index (χ0n) is 13.9. The standard InChI is InChI=1S/C20H21Cl2NO2/c21-19-7-6-18(14-20(19)22)25-13-1-10-23-11-8-16(9-12-23)15-2-4-17(24)5-3-15/h2-8,14,24H,1,9-13H2. The Morgan fingerprint density at radius 1 is 1.04 bits per heavy atom. The summed E-state index contributed by atoms with van der Waals surface area (Å²) in [5, 5.41) is 10.4. The summed E-state index contributed by atoms with van der Waals surface area (Å²) < 4.78 is 5.73. The molecular formula is C20H21Cl2NO2. The number of benzene rings is 2. The van der Waals surface area contributed by atoms with Gasteiger partial charge in [0.15, 0.2) is 0 Å². The van der Waals surface area contributed by atoms with Crippen molar-refractivity contribution in [3.8, 4) is 11.5 Å². The Kier molecular flexibility index (Phi) is 6.24. The lowest BCUT2D eigenvalue weighted by Crippen LogP contribution is -2.30. The number of halogens is 2. The maximum Gasteiger partial charge on any atom is 0.120 e. The molecule has 0 spiro atoms. The van der Waals surface area contributed by atoms with E-state index in [2.05, 4.69) is 11.0 Å². The molecule has 0 saturated carbocycles. The third-order valence-electron chi connectivity index (χ3n) is 4.31. The van der Waals surface area contributed by atoms with Gasteiger partial charge < -0.3 is 9.84 Å². The predicted octanol–water partition coefficient (Wildman–Crippen LogP) is 5.26. The van der Waals surface area contributed by atoms with Crippen LogP contribution in [-0.2, 0) is 0 Å². The fourth-order valence-corrected chi connectivity index (χ4v) is 3.18. The van der Waals surface area contributed by atoms with Gasteiger partial charge in [0, 0.05) is 25.7 Å². The summed E-state index contributed by atoms with van der Waals surface area (Å²) in [6.45, 7) is 3.64. The largest absolute Gasteiger partial charge is 0.508 e. The van der Waals surface area contributed by atoms with Crippen molar-refractivity contribution in [2.45, 2.75) is 12.8 Å². The normalized spacial score (nSPS) is 15.0. The molecule has 0 unspecified atom stereocenters. The molecule has 5 heteroatoms. The van der Waals surface area contributed by atoms with E-state index in [1.165, 1.54) is 11.1 Å². The van der Waals surface area contributed by atoms with Crippen LogP contribution in [0.1, 0.15) is 18.4 Å². The van der Waals surface area contributed by atoms with Crippen molar-refractivity contribution in [2.24, 2.45) is 0 Å². The van der Waals surface area contributed by atoms with Crippen LogP contribution in [0, 0.1) is 0 Å². The van der Waals surface area contributed by atoms with Crippen molar-refractivity contribution in [3.63, 3.8) is 0 Å². The number of phenols is 1. The van der Waals surface area contributed by atoms with Crippen LogP contribution in [0.5, 0.6) is 11.5 Å². The number of phenolic OH excluding ortho intramolecular Hbond substituents is 1. The molecule has 1 N–H and O–H groups in total. The maximum atomic E-state index is 9.38. The zero-order chi connectivity index (χ0) is 17.6. The summed E-state index contributed by atoms with van der Waals surface area (Å²) in [6.07, 6.45) is 4.26. The summed E-state index contributed by atoms with van der Waals surface area (Å²) in [6, 6.07) is 12.8. The number of hydrogen-bond donors (Lipinski definition) is 1. The highest BCUT2D eigenvalue weighted by Crippen LogP contribution is 2.26. The minimum absolute atomic E-state index is 0.309. The number of ether oxygens (including phenoxy) is 1. The van der Waals surface area contributed by atoms with Crippen LogP contribution in [0.25, 0.3) is 5.57 Å². The van der Waals surface area contributed by atoms with Crippen molar-refractivity contribution >= 4 is 28.8 Å². The quantitative estimate of drug-likeness (QED) is 0.697. The van der Waals surface area contributed by atoms with Crippen molar-refractivity contribution in [1.82, 2.24) is 4.90 Å². The van der Waals surface area contributed by atoms with E-state index in [0.717, 1.165) is 38.2 Å². The molecule has 2 aromatic rings. The SMILES string of the molecule is Oc1ccc(C2=CCN(CCCOc3ccc(Cl)c(Cl)c3)CC2)cc1. The lowest BCUT2D eigenvalue weighted by molar-refractivity contribution is 0.248. The topological polar surface area (TPSA) is 32.7 Å². The van der Waals surface area contributed by atoms with Gasteiger partial charge in [-0.2, -0.15) is 0 Å².